The maximum atomic E-state index is 10.1. The van der Waals surface area contributed by atoms with Crippen LogP contribution in [-0.2, 0) is 4.79 Å². The molecular formula is C8H16O2S. The van der Waals surface area contributed by atoms with Crippen molar-refractivity contribution in [3.8, 4) is 0 Å². The SMILES string of the molecule is CC(C)SCCCCC(=O)O. The normalized spacial score (nSPS) is 10.5. The predicted molar refractivity (Wildman–Crippen MR) is 49.1 cm³/mol. The van der Waals surface area contributed by atoms with Gasteiger partial charge in [0.15, 0.2) is 0 Å². The van der Waals surface area contributed by atoms with Gasteiger partial charge in [-0.3, -0.25) is 4.79 Å². The monoisotopic (exact) mass is 176 g/mol. The third-order valence-electron chi connectivity index (χ3n) is 1.24. The zero-order valence-corrected chi connectivity index (χ0v) is 7.99. The van der Waals surface area contributed by atoms with Gasteiger partial charge in [-0.05, 0) is 23.8 Å². The lowest BCUT2D eigenvalue weighted by atomic mass is 10.2. The Balaban J connectivity index is 2.97. The lowest BCUT2D eigenvalue weighted by Crippen LogP contribution is -1.95. The molecule has 0 rings (SSSR count). The van der Waals surface area contributed by atoms with Crippen molar-refractivity contribution in [1.82, 2.24) is 0 Å². The van der Waals surface area contributed by atoms with Crippen molar-refractivity contribution in [3.63, 3.8) is 0 Å². The molecule has 0 amide bonds. The molecule has 0 bridgehead atoms. The quantitative estimate of drug-likeness (QED) is 0.631. The fourth-order valence-electron chi connectivity index (χ4n) is 0.697. The number of hydrogen-bond donors (Lipinski definition) is 1. The van der Waals surface area contributed by atoms with Crippen LogP contribution in [0, 0.1) is 0 Å². The highest BCUT2D eigenvalue weighted by molar-refractivity contribution is 7.99. The highest BCUT2D eigenvalue weighted by Gasteiger charge is 1.97. The molecule has 0 fully saturated rings. The van der Waals surface area contributed by atoms with Crippen LogP contribution in [-0.4, -0.2) is 22.1 Å². The number of carbonyl (C=O) groups is 1. The van der Waals surface area contributed by atoms with Gasteiger partial charge in [-0.2, -0.15) is 11.8 Å². The van der Waals surface area contributed by atoms with E-state index in [1.165, 1.54) is 0 Å². The first-order valence-electron chi connectivity index (χ1n) is 3.96. The van der Waals surface area contributed by atoms with E-state index in [9.17, 15) is 4.79 Å². The molecule has 2 nitrogen and oxygen atoms in total. The van der Waals surface area contributed by atoms with Crippen LogP contribution in [0.1, 0.15) is 33.1 Å². The molecule has 0 aliphatic rings. The van der Waals surface area contributed by atoms with Crippen LogP contribution in [0.2, 0.25) is 0 Å². The molecule has 0 saturated carbocycles. The van der Waals surface area contributed by atoms with Gasteiger partial charge >= 0.3 is 5.97 Å². The molecule has 66 valence electrons. The lowest BCUT2D eigenvalue weighted by molar-refractivity contribution is -0.137. The van der Waals surface area contributed by atoms with Gasteiger partial charge in [0, 0.05) is 6.42 Å². The molecule has 0 atom stereocenters. The number of aliphatic carboxylic acids is 1. The van der Waals surface area contributed by atoms with E-state index in [4.69, 9.17) is 5.11 Å². The summed E-state index contributed by atoms with van der Waals surface area (Å²) in [5, 5.41) is 8.98. The van der Waals surface area contributed by atoms with E-state index < -0.39 is 5.97 Å². The maximum absolute atomic E-state index is 10.1. The van der Waals surface area contributed by atoms with E-state index in [-0.39, 0.29) is 0 Å². The molecule has 3 heteroatoms. The Kier molecular flexibility index (Phi) is 6.42. The summed E-state index contributed by atoms with van der Waals surface area (Å²) < 4.78 is 0. The van der Waals surface area contributed by atoms with Crippen molar-refractivity contribution in [2.75, 3.05) is 5.75 Å². The first-order valence-corrected chi connectivity index (χ1v) is 5.01. The summed E-state index contributed by atoms with van der Waals surface area (Å²) in [5.74, 6) is 0.407. The highest BCUT2D eigenvalue weighted by atomic mass is 32.2. The lowest BCUT2D eigenvalue weighted by Gasteiger charge is -2.02. The Morgan fingerprint density at radius 3 is 2.55 bits per heavy atom. The van der Waals surface area contributed by atoms with Crippen LogP contribution in [0.25, 0.3) is 0 Å². The zero-order valence-electron chi connectivity index (χ0n) is 7.17. The Labute approximate surface area is 72.4 Å². The number of hydrogen-bond acceptors (Lipinski definition) is 2. The van der Waals surface area contributed by atoms with Crippen molar-refractivity contribution in [2.45, 2.75) is 38.4 Å². The van der Waals surface area contributed by atoms with Crippen LogP contribution in [0.5, 0.6) is 0 Å². The van der Waals surface area contributed by atoms with Gasteiger partial charge in [0.25, 0.3) is 0 Å². The summed E-state index contributed by atoms with van der Waals surface area (Å²) >= 11 is 1.89. The minimum absolute atomic E-state index is 0.318. The summed E-state index contributed by atoms with van der Waals surface area (Å²) in [7, 11) is 0. The Morgan fingerprint density at radius 2 is 2.09 bits per heavy atom. The summed E-state index contributed by atoms with van der Waals surface area (Å²) in [5.41, 5.74) is 0. The second-order valence-electron chi connectivity index (χ2n) is 2.77. The fourth-order valence-corrected chi connectivity index (χ4v) is 1.54. The molecule has 0 heterocycles. The minimum atomic E-state index is -0.681. The number of rotatable bonds is 6. The van der Waals surface area contributed by atoms with Gasteiger partial charge in [0.2, 0.25) is 0 Å². The van der Waals surface area contributed by atoms with Gasteiger partial charge < -0.3 is 5.11 Å². The molecule has 0 radical (unpaired) electrons. The standard InChI is InChI=1S/C8H16O2S/c1-7(2)11-6-4-3-5-8(9)10/h7H,3-6H2,1-2H3,(H,9,10). The van der Waals surface area contributed by atoms with Gasteiger partial charge in [0.1, 0.15) is 0 Å². The summed E-state index contributed by atoms with van der Waals surface area (Å²) in [4.78, 5) is 10.1. The Hall–Kier alpha value is -0.180. The second-order valence-corrected chi connectivity index (χ2v) is 4.45. The fraction of sp³-hybridized carbons (Fsp3) is 0.875. The molecule has 0 aliphatic heterocycles. The van der Waals surface area contributed by atoms with Gasteiger partial charge in [-0.25, -0.2) is 0 Å². The topological polar surface area (TPSA) is 37.3 Å². The van der Waals surface area contributed by atoms with Crippen molar-refractivity contribution in [2.24, 2.45) is 0 Å². The van der Waals surface area contributed by atoms with E-state index in [0.29, 0.717) is 11.7 Å². The third kappa shape index (κ3) is 9.82. The van der Waals surface area contributed by atoms with E-state index in [2.05, 4.69) is 13.8 Å². The van der Waals surface area contributed by atoms with E-state index >= 15 is 0 Å². The van der Waals surface area contributed by atoms with Crippen molar-refractivity contribution in [1.29, 1.82) is 0 Å². The molecule has 1 N–H and O–H groups in total. The largest absolute Gasteiger partial charge is 0.481 e. The van der Waals surface area contributed by atoms with Crippen LogP contribution in [0.4, 0.5) is 0 Å². The van der Waals surface area contributed by atoms with E-state index in [1.54, 1.807) is 0 Å². The molecule has 11 heavy (non-hydrogen) atoms. The van der Waals surface area contributed by atoms with Crippen LogP contribution in [0.15, 0.2) is 0 Å². The van der Waals surface area contributed by atoms with Crippen LogP contribution < -0.4 is 0 Å². The van der Waals surface area contributed by atoms with E-state index in [1.807, 2.05) is 11.8 Å². The first kappa shape index (κ1) is 10.8. The van der Waals surface area contributed by atoms with Crippen LogP contribution in [0.3, 0.4) is 0 Å². The Bertz CT molecular complexity index is 113. The average Bonchev–Trinajstić information content (AvgIpc) is 1.85. The van der Waals surface area contributed by atoms with Gasteiger partial charge in [-0.15, -0.1) is 0 Å². The first-order chi connectivity index (χ1) is 5.13. The zero-order chi connectivity index (χ0) is 8.69. The van der Waals surface area contributed by atoms with Crippen molar-refractivity contribution >= 4 is 17.7 Å². The van der Waals surface area contributed by atoms with Crippen molar-refractivity contribution in [3.05, 3.63) is 0 Å². The van der Waals surface area contributed by atoms with Gasteiger partial charge in [-0.1, -0.05) is 13.8 Å². The Morgan fingerprint density at radius 1 is 1.45 bits per heavy atom. The predicted octanol–water partition coefficient (Wildman–Crippen LogP) is 2.38. The second kappa shape index (κ2) is 6.53. The molecule has 0 unspecified atom stereocenters. The van der Waals surface area contributed by atoms with E-state index in [0.717, 1.165) is 18.6 Å². The average molecular weight is 176 g/mol. The molecule has 0 aromatic heterocycles. The maximum Gasteiger partial charge on any atom is 0.303 e. The molecule has 0 spiro atoms. The summed E-state index contributed by atoms with van der Waals surface area (Å²) in [6, 6.07) is 0. The number of carboxylic acid groups (broad SMARTS) is 1. The molecule has 0 saturated heterocycles. The summed E-state index contributed by atoms with van der Waals surface area (Å²) in [6.07, 6.45) is 2.16. The van der Waals surface area contributed by atoms with Gasteiger partial charge in [0.05, 0.1) is 0 Å². The minimum Gasteiger partial charge on any atom is -0.481 e. The molecular weight excluding hydrogens is 160 g/mol. The number of unbranched alkanes of at least 4 members (excludes halogenated alkanes) is 1. The smallest absolute Gasteiger partial charge is 0.303 e. The molecule has 0 aromatic rings. The molecule has 0 aliphatic carbocycles. The molecule has 0 aromatic carbocycles. The number of carboxylic acids is 1. The highest BCUT2D eigenvalue weighted by Crippen LogP contribution is 2.11. The number of thioether (sulfide) groups is 1. The third-order valence-corrected chi connectivity index (χ3v) is 2.43. The summed E-state index contributed by atoms with van der Waals surface area (Å²) in [6.45, 7) is 4.31. The van der Waals surface area contributed by atoms with Crippen LogP contribution >= 0.6 is 11.8 Å². The van der Waals surface area contributed by atoms with Crippen molar-refractivity contribution < 1.29 is 9.90 Å².